The maximum Gasteiger partial charge on any atom is 0.415 e. The van der Waals surface area contributed by atoms with Gasteiger partial charge in [0.15, 0.2) is 0 Å². The molecule has 12 atom stereocenters. The molecule has 3 aliphatic carbocycles. The maximum atomic E-state index is 13.2. The molecule has 1 aromatic heterocycles. The first kappa shape index (κ1) is 50.8. The van der Waals surface area contributed by atoms with E-state index in [-0.39, 0.29) is 41.3 Å². The number of carbonyl (C=O) groups is 3. The summed E-state index contributed by atoms with van der Waals surface area (Å²) in [5, 5.41) is 35.2. The van der Waals surface area contributed by atoms with E-state index in [1.807, 2.05) is 44.4 Å². The fraction of sp³-hybridized carbons (Fsp3) is 0.720. The highest BCUT2D eigenvalue weighted by molar-refractivity contribution is 7.09. The topological polar surface area (TPSA) is 159 Å². The summed E-state index contributed by atoms with van der Waals surface area (Å²) in [5.74, 6) is 1.61. The predicted octanol–water partition coefficient (Wildman–Crippen LogP) is 9.66. The van der Waals surface area contributed by atoms with Crippen LogP contribution >= 0.6 is 34.5 Å². The van der Waals surface area contributed by atoms with E-state index in [0.29, 0.717) is 54.8 Å². The lowest BCUT2D eigenvalue weighted by Crippen LogP contribution is -2.45. The summed E-state index contributed by atoms with van der Waals surface area (Å²) in [6.07, 6.45) is 7.96. The molecule has 4 fully saturated rings. The highest BCUT2D eigenvalue weighted by Gasteiger charge is 2.55. The molecule has 64 heavy (non-hydrogen) atoms. The van der Waals surface area contributed by atoms with Crippen LogP contribution in [0.2, 0.25) is 0 Å². The van der Waals surface area contributed by atoms with Crippen molar-refractivity contribution in [3.05, 3.63) is 51.0 Å². The number of ketones is 1. The molecule has 11 nitrogen and oxygen atoms in total. The van der Waals surface area contributed by atoms with Crippen molar-refractivity contribution in [2.24, 2.45) is 34.5 Å². The number of esters is 1. The Balaban J connectivity index is 0.000000216. The Hall–Kier alpha value is -2.58. The zero-order valence-corrected chi connectivity index (χ0v) is 41.4. The number of Topliss-reactive ketones (excluding diaryl/α,β-unsaturated/α-hetero) is 1. The van der Waals surface area contributed by atoms with Crippen LogP contribution in [0.1, 0.15) is 140 Å². The van der Waals surface area contributed by atoms with Crippen LogP contribution in [0.5, 0.6) is 5.75 Å². The second-order valence-electron chi connectivity index (χ2n) is 20.4. The first-order valence-electron chi connectivity index (χ1n) is 23.5. The number of benzene rings is 1. The minimum absolute atomic E-state index is 0.0455. The van der Waals surface area contributed by atoms with Gasteiger partial charge in [-0.1, -0.05) is 47.1 Å². The Morgan fingerprint density at radius 3 is 2.39 bits per heavy atom. The number of epoxide rings is 1. The van der Waals surface area contributed by atoms with E-state index >= 15 is 0 Å². The molecule has 1 amide bonds. The summed E-state index contributed by atoms with van der Waals surface area (Å²) in [4.78, 5) is 44.6. The maximum absolute atomic E-state index is 13.2. The zero-order chi connectivity index (χ0) is 46.7. The number of aliphatic hydroxyl groups is 3. The van der Waals surface area contributed by atoms with E-state index in [2.05, 4.69) is 24.9 Å². The number of aliphatic hydroxyl groups excluding tert-OH is 3. The average Bonchev–Trinajstić information content (AvgIpc) is 3.51. The molecule has 0 radical (unpaired) electrons. The van der Waals surface area contributed by atoms with Crippen molar-refractivity contribution >= 4 is 58.5 Å². The first-order chi connectivity index (χ1) is 30.2. The van der Waals surface area contributed by atoms with Gasteiger partial charge in [0.2, 0.25) is 0 Å². The van der Waals surface area contributed by atoms with E-state index in [4.69, 9.17) is 37.4 Å². The van der Waals surface area contributed by atoms with Gasteiger partial charge in [0.25, 0.3) is 0 Å². The van der Waals surface area contributed by atoms with Gasteiger partial charge in [0.05, 0.1) is 52.6 Å². The zero-order valence-electron chi connectivity index (χ0n) is 39.1. The number of thiazole rings is 1. The van der Waals surface area contributed by atoms with Gasteiger partial charge in [0, 0.05) is 42.6 Å². The largest absolute Gasteiger partial charge is 0.458 e. The molecule has 1 aromatic carbocycles. The number of halogens is 2. The van der Waals surface area contributed by atoms with E-state index in [1.54, 1.807) is 37.0 Å². The smallest absolute Gasteiger partial charge is 0.415 e. The van der Waals surface area contributed by atoms with Crippen molar-refractivity contribution in [2.75, 3.05) is 24.8 Å². The Kier molecular flexibility index (Phi) is 16.8. The van der Waals surface area contributed by atoms with Crippen LogP contribution in [0.15, 0.2) is 29.2 Å². The summed E-state index contributed by atoms with van der Waals surface area (Å²) in [6.45, 7) is 16.0. The molecular weight excluding hydrogens is 876 g/mol. The average molecular weight is 948 g/mol. The van der Waals surface area contributed by atoms with E-state index in [1.165, 1.54) is 11.1 Å². The number of cyclic esters (lactones) is 1. The molecule has 0 bridgehead atoms. The summed E-state index contributed by atoms with van der Waals surface area (Å²) in [5.41, 5.74) is 3.00. The molecule has 2 aromatic rings. The Morgan fingerprint density at radius 2 is 1.72 bits per heavy atom. The molecule has 3 N–H and O–H groups in total. The summed E-state index contributed by atoms with van der Waals surface area (Å²) in [6, 6.07) is 6.13. The third-order valence-corrected chi connectivity index (χ3v) is 16.9. The summed E-state index contributed by atoms with van der Waals surface area (Å²) >= 11 is 13.1. The molecular formula is C50H72Cl2N2O9S. The van der Waals surface area contributed by atoms with Crippen LogP contribution in [0.3, 0.4) is 0 Å². The number of aromatic nitrogens is 1. The molecule has 5 aliphatic rings. The SMILES string of the molecule is C/C(=C\c1csc(C)n1)[C@@H]1C[C@@H]2O[C@]2(C)CCC[C@H](C)[C@H](O)[C@@H](C)C(=O)C(C)(C)[C@@H](O)CC(=O)O1.C[C@]12CC[C@@H]3c4ccc(OC(=O)N(CCCl)CCCl)cc4CC[C@H]3[C@@H]1CC[C@@H]2O. The number of carbonyl (C=O) groups excluding carboxylic acids is 3. The van der Waals surface area contributed by atoms with Gasteiger partial charge in [-0.15, -0.1) is 34.5 Å². The minimum atomic E-state index is -1.23. The van der Waals surface area contributed by atoms with E-state index < -0.39 is 41.7 Å². The highest BCUT2D eigenvalue weighted by Crippen LogP contribution is 2.61. The molecule has 7 rings (SSSR count). The van der Waals surface area contributed by atoms with Gasteiger partial charge < -0.3 is 34.4 Å². The third kappa shape index (κ3) is 11.4. The lowest BCUT2D eigenvalue weighted by atomic mass is 9.55. The quantitative estimate of drug-likeness (QED) is 0.139. The lowest BCUT2D eigenvalue weighted by Gasteiger charge is -2.50. The van der Waals surface area contributed by atoms with Crippen LogP contribution in [0.4, 0.5) is 4.79 Å². The van der Waals surface area contributed by atoms with Gasteiger partial charge in [-0.25, -0.2) is 9.78 Å². The van der Waals surface area contributed by atoms with Crippen molar-refractivity contribution < 1.29 is 43.9 Å². The predicted molar refractivity (Wildman–Crippen MR) is 252 cm³/mol. The third-order valence-electron chi connectivity index (χ3n) is 15.7. The number of rotatable bonds is 7. The second kappa shape index (κ2) is 21.2. The van der Waals surface area contributed by atoms with Crippen LogP contribution < -0.4 is 4.74 Å². The van der Waals surface area contributed by atoms with Crippen molar-refractivity contribution in [3.8, 4) is 5.75 Å². The Morgan fingerprint density at radius 1 is 1.00 bits per heavy atom. The van der Waals surface area contributed by atoms with Gasteiger partial charge in [-0.05, 0) is 136 Å². The molecule has 14 heteroatoms. The van der Waals surface area contributed by atoms with Gasteiger partial charge in [-0.2, -0.15) is 0 Å². The van der Waals surface area contributed by atoms with Gasteiger partial charge >= 0.3 is 12.1 Å². The van der Waals surface area contributed by atoms with Crippen LogP contribution in [-0.2, 0) is 25.5 Å². The number of amides is 1. The summed E-state index contributed by atoms with van der Waals surface area (Å²) < 4.78 is 17.5. The Labute approximate surface area is 394 Å². The number of hydrogen-bond donors (Lipinski definition) is 3. The van der Waals surface area contributed by atoms with Crippen LogP contribution in [0.25, 0.3) is 6.08 Å². The van der Waals surface area contributed by atoms with Crippen molar-refractivity contribution in [1.29, 1.82) is 0 Å². The van der Waals surface area contributed by atoms with Crippen LogP contribution in [0, 0.1) is 41.4 Å². The summed E-state index contributed by atoms with van der Waals surface area (Å²) in [7, 11) is 0. The van der Waals surface area contributed by atoms with Crippen molar-refractivity contribution in [3.63, 3.8) is 0 Å². The lowest BCUT2D eigenvalue weighted by molar-refractivity contribution is -0.154. The molecule has 0 unspecified atom stereocenters. The molecule has 3 heterocycles. The molecule has 0 spiro atoms. The van der Waals surface area contributed by atoms with Crippen LogP contribution in [-0.4, -0.2) is 104 Å². The number of nitrogens with zero attached hydrogens (tertiary/aromatic N) is 2. The number of fused-ring (bicyclic) bond motifs is 6. The second-order valence-corrected chi connectivity index (χ2v) is 22.2. The van der Waals surface area contributed by atoms with E-state index in [0.717, 1.165) is 74.1 Å². The molecule has 356 valence electrons. The highest BCUT2D eigenvalue weighted by atomic mass is 35.5. The standard InChI is InChI=1S/C27H41NO6S.C23H31Cl2NO3/c1-15-9-8-10-27(7)22(34-27)12-20(16(2)11-19-14-35-18(4)28-19)33-23(30)13-21(29)26(5,6)25(32)17(3)24(15)31;1-23-9-8-18-17-5-3-16(29-22(28)26(12-10-24)13-11-25)14-15(17)2-4-19(18)20(23)6-7-21(23)27/h11,14-15,17,20-22,24,29,31H,8-10,12-13H2,1-7H3;3,5,14,18-21,27H,2,4,6-13H2,1H3/b16-11+;/t15-,17+,20-,21-,22-,24-,27+;18-,19-,20+,21+,23+/m01/s1. The Bertz CT molecular complexity index is 1990. The van der Waals surface area contributed by atoms with Gasteiger partial charge in [-0.3, -0.25) is 9.59 Å². The number of ether oxygens (including phenoxy) is 3. The fourth-order valence-electron chi connectivity index (χ4n) is 11.3. The number of aryl methyl sites for hydroxylation is 2. The normalized spacial score (nSPS) is 35.4. The molecule has 2 saturated carbocycles. The monoisotopic (exact) mass is 946 g/mol. The fourth-order valence-corrected chi connectivity index (χ4v) is 12.3. The number of hydrogen-bond acceptors (Lipinski definition) is 11. The van der Waals surface area contributed by atoms with Crippen molar-refractivity contribution in [1.82, 2.24) is 9.88 Å². The van der Waals surface area contributed by atoms with Crippen molar-refractivity contribution in [2.45, 2.75) is 168 Å². The molecule has 2 aliphatic heterocycles. The first-order valence-corrected chi connectivity index (χ1v) is 25.4. The molecule has 2 saturated heterocycles. The minimum Gasteiger partial charge on any atom is -0.458 e. The van der Waals surface area contributed by atoms with Gasteiger partial charge in [0.1, 0.15) is 17.6 Å². The van der Waals surface area contributed by atoms with E-state index in [9.17, 15) is 29.7 Å². The number of alkyl halides is 2.